The van der Waals surface area contributed by atoms with Gasteiger partial charge in [-0.05, 0) is 49.6 Å². The number of hydrogen-bond acceptors (Lipinski definition) is 3. The quantitative estimate of drug-likeness (QED) is 0.913. The van der Waals surface area contributed by atoms with Gasteiger partial charge < -0.3 is 10.2 Å². The topological polar surface area (TPSA) is 45.2 Å². The fourth-order valence-corrected chi connectivity index (χ4v) is 2.71. The Morgan fingerprint density at radius 2 is 1.96 bits per heavy atom. The van der Waals surface area contributed by atoms with Gasteiger partial charge in [0.2, 0.25) is 0 Å². The first-order chi connectivity index (χ1) is 11.1. The minimum Gasteiger partial charge on any atom is -0.340 e. The number of piperidine rings is 1. The molecule has 1 aromatic carbocycles. The van der Waals surface area contributed by atoms with Crippen molar-refractivity contribution >= 4 is 29.0 Å². The van der Waals surface area contributed by atoms with Crippen molar-refractivity contribution in [3.05, 3.63) is 52.9 Å². The van der Waals surface area contributed by atoms with E-state index >= 15 is 0 Å². The van der Waals surface area contributed by atoms with E-state index in [1.807, 2.05) is 4.90 Å². The highest BCUT2D eigenvalue weighted by Gasteiger charge is 2.18. The second-order valence-electron chi connectivity index (χ2n) is 5.54. The van der Waals surface area contributed by atoms with Gasteiger partial charge in [-0.15, -0.1) is 0 Å². The van der Waals surface area contributed by atoms with Crippen LogP contribution in [0, 0.1) is 5.82 Å². The van der Waals surface area contributed by atoms with Crippen molar-refractivity contribution in [1.29, 1.82) is 0 Å². The van der Waals surface area contributed by atoms with Gasteiger partial charge >= 0.3 is 0 Å². The SMILES string of the molecule is O=C(c1ccc(Nc2ccc(Cl)c(F)c2)nc1)N1CCCCC1. The van der Waals surface area contributed by atoms with Gasteiger partial charge in [0, 0.05) is 25.0 Å². The number of pyridine rings is 1. The Bertz CT molecular complexity index is 699. The van der Waals surface area contributed by atoms with Gasteiger partial charge in [0.05, 0.1) is 10.6 Å². The van der Waals surface area contributed by atoms with E-state index in [1.165, 1.54) is 18.6 Å². The van der Waals surface area contributed by atoms with Crippen molar-refractivity contribution in [1.82, 2.24) is 9.88 Å². The molecule has 3 rings (SSSR count). The zero-order valence-corrected chi connectivity index (χ0v) is 13.3. The van der Waals surface area contributed by atoms with E-state index in [0.717, 1.165) is 25.9 Å². The number of anilines is 2. The van der Waals surface area contributed by atoms with E-state index in [1.54, 1.807) is 24.4 Å². The first-order valence-electron chi connectivity index (χ1n) is 7.61. The molecule has 1 N–H and O–H groups in total. The molecule has 23 heavy (non-hydrogen) atoms. The maximum Gasteiger partial charge on any atom is 0.255 e. The van der Waals surface area contributed by atoms with Gasteiger partial charge in [-0.2, -0.15) is 0 Å². The average molecular weight is 334 g/mol. The van der Waals surface area contributed by atoms with Crippen LogP contribution in [0.1, 0.15) is 29.6 Å². The van der Waals surface area contributed by atoms with Gasteiger partial charge in [-0.1, -0.05) is 11.6 Å². The number of carbonyl (C=O) groups excluding carboxylic acids is 1. The first-order valence-corrected chi connectivity index (χ1v) is 7.99. The predicted molar refractivity (Wildman–Crippen MR) is 88.7 cm³/mol. The van der Waals surface area contributed by atoms with E-state index in [0.29, 0.717) is 17.1 Å². The lowest BCUT2D eigenvalue weighted by Gasteiger charge is -2.26. The molecule has 0 bridgehead atoms. The highest BCUT2D eigenvalue weighted by Crippen LogP contribution is 2.21. The van der Waals surface area contributed by atoms with E-state index < -0.39 is 5.82 Å². The highest BCUT2D eigenvalue weighted by molar-refractivity contribution is 6.30. The highest BCUT2D eigenvalue weighted by atomic mass is 35.5. The number of nitrogens with zero attached hydrogens (tertiary/aromatic N) is 2. The maximum absolute atomic E-state index is 13.4. The van der Waals surface area contributed by atoms with Crippen LogP contribution in [-0.2, 0) is 0 Å². The molecule has 0 unspecified atom stereocenters. The van der Waals surface area contributed by atoms with Crippen molar-refractivity contribution in [2.24, 2.45) is 0 Å². The summed E-state index contributed by atoms with van der Waals surface area (Å²) in [5.74, 6) is 0.0665. The zero-order valence-electron chi connectivity index (χ0n) is 12.6. The van der Waals surface area contributed by atoms with Crippen LogP contribution in [0.25, 0.3) is 0 Å². The fraction of sp³-hybridized carbons (Fsp3) is 0.294. The first kappa shape index (κ1) is 15.7. The third-order valence-electron chi connectivity index (χ3n) is 3.85. The Labute approximate surface area is 139 Å². The molecule has 0 atom stereocenters. The Kier molecular flexibility index (Phi) is 4.76. The fourth-order valence-electron chi connectivity index (χ4n) is 2.60. The molecule has 1 aromatic heterocycles. The lowest BCUT2D eigenvalue weighted by molar-refractivity contribution is 0.0724. The van der Waals surface area contributed by atoms with E-state index in [9.17, 15) is 9.18 Å². The summed E-state index contributed by atoms with van der Waals surface area (Å²) in [6.45, 7) is 1.62. The molecule has 1 fully saturated rings. The summed E-state index contributed by atoms with van der Waals surface area (Å²) in [7, 11) is 0. The van der Waals surface area contributed by atoms with Crippen molar-refractivity contribution in [3.63, 3.8) is 0 Å². The van der Waals surface area contributed by atoms with E-state index in [4.69, 9.17) is 11.6 Å². The molecule has 0 radical (unpaired) electrons. The van der Waals surface area contributed by atoms with Crippen LogP contribution in [0.4, 0.5) is 15.9 Å². The molecule has 0 saturated carbocycles. The number of hydrogen-bond donors (Lipinski definition) is 1. The summed E-state index contributed by atoms with van der Waals surface area (Å²) in [6.07, 6.45) is 4.84. The minimum absolute atomic E-state index is 0.0151. The average Bonchev–Trinajstić information content (AvgIpc) is 2.59. The number of likely N-dealkylation sites (tertiary alicyclic amines) is 1. The summed E-state index contributed by atoms with van der Waals surface area (Å²) in [4.78, 5) is 18.4. The molecule has 1 aliphatic rings. The van der Waals surface area contributed by atoms with Crippen LogP contribution in [0.15, 0.2) is 36.5 Å². The molecule has 1 saturated heterocycles. The Morgan fingerprint density at radius 3 is 2.61 bits per heavy atom. The second-order valence-corrected chi connectivity index (χ2v) is 5.95. The molecular formula is C17H17ClFN3O. The Morgan fingerprint density at radius 1 is 1.17 bits per heavy atom. The van der Waals surface area contributed by atoms with Crippen LogP contribution >= 0.6 is 11.6 Å². The summed E-state index contributed by atoms with van der Waals surface area (Å²) in [6, 6.07) is 7.90. The van der Waals surface area contributed by atoms with Crippen molar-refractivity contribution in [2.75, 3.05) is 18.4 Å². The van der Waals surface area contributed by atoms with Crippen LogP contribution in [-0.4, -0.2) is 28.9 Å². The van der Waals surface area contributed by atoms with Gasteiger partial charge in [0.1, 0.15) is 11.6 Å². The molecule has 4 nitrogen and oxygen atoms in total. The molecule has 0 spiro atoms. The minimum atomic E-state index is -0.492. The number of aromatic nitrogens is 1. The maximum atomic E-state index is 13.4. The third-order valence-corrected chi connectivity index (χ3v) is 4.15. The molecule has 1 aliphatic heterocycles. The molecule has 2 heterocycles. The lowest BCUT2D eigenvalue weighted by Crippen LogP contribution is -2.35. The summed E-state index contributed by atoms with van der Waals surface area (Å²) in [5.41, 5.74) is 1.12. The summed E-state index contributed by atoms with van der Waals surface area (Å²) >= 11 is 5.65. The number of amides is 1. The zero-order chi connectivity index (χ0) is 16.2. The monoisotopic (exact) mass is 333 g/mol. The second kappa shape index (κ2) is 6.96. The molecule has 1 amide bonds. The van der Waals surface area contributed by atoms with Crippen LogP contribution < -0.4 is 5.32 Å². The number of nitrogens with one attached hydrogen (secondary N) is 1. The van der Waals surface area contributed by atoms with Gasteiger partial charge in [-0.3, -0.25) is 4.79 Å². The van der Waals surface area contributed by atoms with Crippen LogP contribution in [0.2, 0.25) is 5.02 Å². The van der Waals surface area contributed by atoms with E-state index in [2.05, 4.69) is 10.3 Å². The van der Waals surface area contributed by atoms with Crippen LogP contribution in [0.3, 0.4) is 0 Å². The normalized spacial score (nSPS) is 14.6. The van der Waals surface area contributed by atoms with Crippen molar-refractivity contribution in [3.8, 4) is 0 Å². The predicted octanol–water partition coefficient (Wildman–Crippen LogP) is 4.24. The molecule has 0 aliphatic carbocycles. The van der Waals surface area contributed by atoms with Crippen molar-refractivity contribution < 1.29 is 9.18 Å². The molecule has 6 heteroatoms. The van der Waals surface area contributed by atoms with Crippen LogP contribution in [0.5, 0.6) is 0 Å². The summed E-state index contributed by atoms with van der Waals surface area (Å²) < 4.78 is 13.4. The summed E-state index contributed by atoms with van der Waals surface area (Å²) in [5, 5.41) is 3.06. The number of rotatable bonds is 3. The van der Waals surface area contributed by atoms with Gasteiger partial charge in [-0.25, -0.2) is 9.37 Å². The number of carbonyl (C=O) groups is 1. The molecule has 120 valence electrons. The van der Waals surface area contributed by atoms with E-state index in [-0.39, 0.29) is 10.9 Å². The number of halogens is 2. The van der Waals surface area contributed by atoms with Crippen molar-refractivity contribution in [2.45, 2.75) is 19.3 Å². The molecule has 2 aromatic rings. The largest absolute Gasteiger partial charge is 0.340 e. The Hall–Kier alpha value is -2.14. The lowest BCUT2D eigenvalue weighted by atomic mass is 10.1. The third kappa shape index (κ3) is 3.79. The standard InChI is InChI=1S/C17H17ClFN3O/c18-14-6-5-13(10-15(14)19)21-16-7-4-12(11-20-16)17(23)22-8-2-1-3-9-22/h4-7,10-11H,1-3,8-9H2,(H,20,21). The number of benzene rings is 1. The molecular weight excluding hydrogens is 317 g/mol. The Balaban J connectivity index is 1.68. The van der Waals surface area contributed by atoms with Gasteiger partial charge in [0.25, 0.3) is 5.91 Å². The van der Waals surface area contributed by atoms with Gasteiger partial charge in [0.15, 0.2) is 0 Å². The smallest absolute Gasteiger partial charge is 0.255 e.